The monoisotopic (exact) mass is 340 g/mol. The van der Waals surface area contributed by atoms with Gasteiger partial charge in [0.15, 0.2) is 0 Å². The molecule has 0 saturated carbocycles. The Bertz CT molecular complexity index is 647. The molecule has 2 aromatic rings. The van der Waals surface area contributed by atoms with Crippen molar-refractivity contribution in [2.45, 2.75) is 20.0 Å². The van der Waals surface area contributed by atoms with E-state index in [0.29, 0.717) is 13.2 Å². The lowest BCUT2D eigenvalue weighted by Gasteiger charge is -2.36. The number of benzene rings is 2. The Balaban J connectivity index is 1.44. The van der Waals surface area contributed by atoms with Gasteiger partial charge in [0.2, 0.25) is 0 Å². The van der Waals surface area contributed by atoms with Crippen molar-refractivity contribution < 1.29 is 9.84 Å². The van der Waals surface area contributed by atoms with E-state index in [1.54, 1.807) is 0 Å². The number of piperazine rings is 1. The highest BCUT2D eigenvalue weighted by Gasteiger charge is 2.20. The minimum atomic E-state index is -0.470. The van der Waals surface area contributed by atoms with Crippen molar-refractivity contribution in [1.29, 1.82) is 0 Å². The zero-order valence-corrected chi connectivity index (χ0v) is 15.2. The van der Waals surface area contributed by atoms with Crippen LogP contribution in [0.2, 0.25) is 0 Å². The van der Waals surface area contributed by atoms with Crippen LogP contribution in [0.1, 0.15) is 11.1 Å². The van der Waals surface area contributed by atoms with Crippen LogP contribution in [-0.2, 0) is 0 Å². The molecule has 0 spiro atoms. The second-order valence-electron chi connectivity index (χ2n) is 6.81. The van der Waals surface area contributed by atoms with Gasteiger partial charge in [0.25, 0.3) is 0 Å². The van der Waals surface area contributed by atoms with E-state index in [-0.39, 0.29) is 0 Å². The molecule has 4 nitrogen and oxygen atoms in total. The number of rotatable bonds is 6. The average molecular weight is 340 g/mol. The number of anilines is 1. The molecule has 2 aromatic carbocycles. The fourth-order valence-corrected chi connectivity index (χ4v) is 3.38. The minimum absolute atomic E-state index is 0.338. The van der Waals surface area contributed by atoms with E-state index in [0.717, 1.165) is 43.1 Å². The number of nitrogens with zero attached hydrogens (tertiary/aromatic N) is 2. The summed E-state index contributed by atoms with van der Waals surface area (Å²) in [5, 5.41) is 10.3. The first kappa shape index (κ1) is 17.8. The van der Waals surface area contributed by atoms with Crippen molar-refractivity contribution in [1.82, 2.24) is 4.90 Å². The van der Waals surface area contributed by atoms with Gasteiger partial charge in [0, 0.05) is 38.4 Å². The van der Waals surface area contributed by atoms with Gasteiger partial charge in [-0.25, -0.2) is 0 Å². The zero-order chi connectivity index (χ0) is 17.6. The Hall–Kier alpha value is -2.04. The first-order valence-electron chi connectivity index (χ1n) is 9.03. The number of aliphatic hydroxyl groups is 1. The Kier molecular flexibility index (Phi) is 5.95. The van der Waals surface area contributed by atoms with Gasteiger partial charge < -0.3 is 14.7 Å². The summed E-state index contributed by atoms with van der Waals surface area (Å²) in [4.78, 5) is 4.72. The molecule has 0 aliphatic carbocycles. The molecule has 0 unspecified atom stereocenters. The number of aryl methyl sites for hydroxylation is 2. The number of ether oxygens (including phenoxy) is 1. The predicted molar refractivity (Wildman–Crippen MR) is 103 cm³/mol. The van der Waals surface area contributed by atoms with Gasteiger partial charge in [0.05, 0.1) is 0 Å². The van der Waals surface area contributed by atoms with Crippen molar-refractivity contribution in [2.24, 2.45) is 0 Å². The summed E-state index contributed by atoms with van der Waals surface area (Å²) in [6.07, 6.45) is -0.470. The van der Waals surface area contributed by atoms with Gasteiger partial charge >= 0.3 is 0 Å². The fourth-order valence-electron chi connectivity index (χ4n) is 3.38. The zero-order valence-electron chi connectivity index (χ0n) is 15.2. The highest BCUT2D eigenvalue weighted by molar-refractivity contribution is 5.46. The van der Waals surface area contributed by atoms with Crippen molar-refractivity contribution in [3.05, 3.63) is 59.7 Å². The van der Waals surface area contributed by atoms with Gasteiger partial charge in [-0.1, -0.05) is 36.4 Å². The SMILES string of the molecule is Cc1cccc(C)c1OC[C@@H](O)CN1CCN(c2ccccc2)CC1. The topological polar surface area (TPSA) is 35.9 Å². The molecule has 1 aliphatic heterocycles. The molecule has 1 aliphatic rings. The van der Waals surface area contributed by atoms with Crippen LogP contribution in [-0.4, -0.2) is 55.4 Å². The number of para-hydroxylation sites is 2. The molecular weight excluding hydrogens is 312 g/mol. The van der Waals surface area contributed by atoms with Crippen molar-refractivity contribution in [3.8, 4) is 5.75 Å². The van der Waals surface area contributed by atoms with Gasteiger partial charge in [-0.2, -0.15) is 0 Å². The molecule has 0 radical (unpaired) electrons. The highest BCUT2D eigenvalue weighted by Crippen LogP contribution is 2.22. The molecule has 1 fully saturated rings. The van der Waals surface area contributed by atoms with E-state index in [4.69, 9.17) is 4.74 Å². The van der Waals surface area contributed by atoms with E-state index in [9.17, 15) is 5.11 Å². The van der Waals surface area contributed by atoms with Crippen molar-refractivity contribution >= 4 is 5.69 Å². The first-order chi connectivity index (χ1) is 12.1. The molecule has 4 heteroatoms. The number of aliphatic hydroxyl groups excluding tert-OH is 1. The third kappa shape index (κ3) is 4.74. The molecule has 0 bridgehead atoms. The van der Waals surface area contributed by atoms with Crippen LogP contribution >= 0.6 is 0 Å². The van der Waals surface area contributed by atoms with Crippen molar-refractivity contribution in [3.63, 3.8) is 0 Å². The maximum atomic E-state index is 10.3. The highest BCUT2D eigenvalue weighted by atomic mass is 16.5. The maximum absolute atomic E-state index is 10.3. The van der Waals surface area contributed by atoms with Crippen LogP contribution in [0.5, 0.6) is 5.75 Å². The molecule has 0 amide bonds. The summed E-state index contributed by atoms with van der Waals surface area (Å²) in [7, 11) is 0. The summed E-state index contributed by atoms with van der Waals surface area (Å²) in [5.74, 6) is 0.899. The van der Waals surface area contributed by atoms with Crippen LogP contribution in [0.3, 0.4) is 0 Å². The first-order valence-corrected chi connectivity index (χ1v) is 9.03. The standard InChI is InChI=1S/C21H28N2O2/c1-17-7-6-8-18(2)21(17)25-16-20(24)15-22-11-13-23(14-12-22)19-9-4-3-5-10-19/h3-10,20,24H,11-16H2,1-2H3/t20-/m0/s1. The van der Waals surface area contributed by atoms with Gasteiger partial charge in [-0.05, 0) is 37.1 Å². The van der Waals surface area contributed by atoms with Crippen LogP contribution in [0, 0.1) is 13.8 Å². The molecule has 3 rings (SSSR count). The normalized spacial score (nSPS) is 16.7. The molecule has 134 valence electrons. The van der Waals surface area contributed by atoms with E-state index in [2.05, 4.69) is 34.1 Å². The Morgan fingerprint density at radius 1 is 0.920 bits per heavy atom. The van der Waals surface area contributed by atoms with Gasteiger partial charge in [-0.3, -0.25) is 4.90 Å². The maximum Gasteiger partial charge on any atom is 0.125 e. The molecule has 0 aromatic heterocycles. The lowest BCUT2D eigenvalue weighted by molar-refractivity contribution is 0.0658. The molecule has 25 heavy (non-hydrogen) atoms. The molecular formula is C21H28N2O2. The lowest BCUT2D eigenvalue weighted by atomic mass is 10.1. The van der Waals surface area contributed by atoms with E-state index >= 15 is 0 Å². The summed E-state index contributed by atoms with van der Waals surface area (Å²) >= 11 is 0. The smallest absolute Gasteiger partial charge is 0.125 e. The van der Waals surface area contributed by atoms with Gasteiger partial charge in [0.1, 0.15) is 18.5 Å². The fraction of sp³-hybridized carbons (Fsp3) is 0.429. The summed E-state index contributed by atoms with van der Waals surface area (Å²) in [6, 6.07) is 16.6. The molecule has 1 N–H and O–H groups in total. The predicted octanol–water partition coefficient (Wildman–Crippen LogP) is 2.87. The third-order valence-electron chi connectivity index (χ3n) is 4.79. The summed E-state index contributed by atoms with van der Waals surface area (Å²) < 4.78 is 5.87. The van der Waals surface area contributed by atoms with Crippen LogP contribution in [0.25, 0.3) is 0 Å². The second kappa shape index (κ2) is 8.37. The Morgan fingerprint density at radius 3 is 2.20 bits per heavy atom. The Morgan fingerprint density at radius 2 is 1.56 bits per heavy atom. The van der Waals surface area contributed by atoms with Crippen LogP contribution in [0.15, 0.2) is 48.5 Å². The number of hydrogen-bond acceptors (Lipinski definition) is 4. The lowest BCUT2D eigenvalue weighted by Crippen LogP contribution is -2.49. The van der Waals surface area contributed by atoms with E-state index < -0.39 is 6.10 Å². The van der Waals surface area contributed by atoms with Crippen LogP contribution in [0.4, 0.5) is 5.69 Å². The molecule has 1 heterocycles. The number of hydrogen-bond donors (Lipinski definition) is 1. The second-order valence-corrected chi connectivity index (χ2v) is 6.81. The summed E-state index contributed by atoms with van der Waals surface area (Å²) in [6.45, 7) is 9.00. The van der Waals surface area contributed by atoms with E-state index in [1.165, 1.54) is 5.69 Å². The minimum Gasteiger partial charge on any atom is -0.490 e. The third-order valence-corrected chi connectivity index (χ3v) is 4.79. The molecule has 1 atom stereocenters. The molecule has 1 saturated heterocycles. The largest absolute Gasteiger partial charge is 0.490 e. The van der Waals surface area contributed by atoms with Gasteiger partial charge in [-0.15, -0.1) is 0 Å². The quantitative estimate of drug-likeness (QED) is 0.877. The number of β-amino-alcohol motifs (C(OH)–C–C–N with tert-alkyl or cyclic N) is 1. The van der Waals surface area contributed by atoms with Crippen LogP contribution < -0.4 is 9.64 Å². The van der Waals surface area contributed by atoms with E-state index in [1.807, 2.05) is 38.1 Å². The Labute approximate surface area is 150 Å². The average Bonchev–Trinajstić information content (AvgIpc) is 2.63. The van der Waals surface area contributed by atoms with Crippen molar-refractivity contribution in [2.75, 3.05) is 44.2 Å². The summed E-state index contributed by atoms with van der Waals surface area (Å²) in [5.41, 5.74) is 3.51.